The van der Waals surface area contributed by atoms with Crippen LogP contribution in [-0.2, 0) is 36.8 Å². The number of hydrogen-bond acceptors (Lipinski definition) is 8. The van der Waals surface area contributed by atoms with Gasteiger partial charge in [0.1, 0.15) is 6.04 Å². The number of aliphatic hydroxyl groups is 1. The fourth-order valence-corrected chi connectivity index (χ4v) is 6.08. The molecule has 2 fully saturated rings. The predicted molar refractivity (Wildman–Crippen MR) is 169 cm³/mol. The first-order valence-corrected chi connectivity index (χ1v) is 15.5. The Morgan fingerprint density at radius 2 is 1.78 bits per heavy atom. The fraction of sp³-hybridized carbons (Fsp3) is 0.429. The maximum absolute atomic E-state index is 13.0. The van der Waals surface area contributed by atoms with E-state index in [1.54, 1.807) is 13.2 Å². The van der Waals surface area contributed by atoms with Crippen molar-refractivity contribution in [3.63, 3.8) is 0 Å². The molecule has 0 radical (unpaired) electrons. The Morgan fingerprint density at radius 3 is 2.51 bits per heavy atom. The van der Waals surface area contributed by atoms with Gasteiger partial charge in [-0.05, 0) is 48.2 Å². The van der Waals surface area contributed by atoms with Gasteiger partial charge >= 0.3 is 12.0 Å². The van der Waals surface area contributed by atoms with Gasteiger partial charge in [-0.25, -0.2) is 9.59 Å². The highest BCUT2D eigenvalue weighted by Gasteiger charge is 2.35. The lowest BCUT2D eigenvalue weighted by Gasteiger charge is -2.39. The minimum absolute atomic E-state index is 0.0178. The number of methoxy groups -OCH3 is 2. The molecule has 3 aromatic rings. The second kappa shape index (κ2) is 16.0. The van der Waals surface area contributed by atoms with Crippen molar-refractivity contribution in [2.24, 2.45) is 0 Å². The number of rotatable bonds is 12. The summed E-state index contributed by atoms with van der Waals surface area (Å²) in [6, 6.07) is 23.6. The molecule has 0 unspecified atom stereocenters. The molecular weight excluding hydrogens is 574 g/mol. The maximum atomic E-state index is 13.0. The van der Waals surface area contributed by atoms with E-state index in [9.17, 15) is 14.7 Å². The van der Waals surface area contributed by atoms with E-state index in [1.165, 1.54) is 7.11 Å². The molecule has 45 heavy (non-hydrogen) atoms. The van der Waals surface area contributed by atoms with Gasteiger partial charge in [0.2, 0.25) is 0 Å². The third-order valence-electron chi connectivity index (χ3n) is 8.40. The molecule has 0 aliphatic carbocycles. The van der Waals surface area contributed by atoms with E-state index >= 15 is 0 Å². The van der Waals surface area contributed by atoms with Crippen molar-refractivity contribution < 1.29 is 33.6 Å². The van der Waals surface area contributed by atoms with Crippen molar-refractivity contribution in [2.75, 3.05) is 39.2 Å². The van der Waals surface area contributed by atoms with Crippen LogP contribution < -0.4 is 10.6 Å². The molecule has 0 saturated carbocycles. The zero-order valence-electron chi connectivity index (χ0n) is 25.9. The first-order chi connectivity index (χ1) is 21.9. The van der Waals surface area contributed by atoms with Crippen molar-refractivity contribution >= 4 is 17.7 Å². The van der Waals surface area contributed by atoms with Crippen molar-refractivity contribution in [1.29, 1.82) is 0 Å². The van der Waals surface area contributed by atoms with Crippen LogP contribution in [0.2, 0.25) is 0 Å². The molecule has 0 bridgehead atoms. The topological polar surface area (TPSA) is 119 Å². The third-order valence-corrected chi connectivity index (χ3v) is 8.40. The maximum Gasteiger partial charge on any atom is 0.328 e. The molecule has 0 aromatic heterocycles. The minimum Gasteiger partial charge on any atom is -0.467 e. The molecule has 10 nitrogen and oxygen atoms in total. The lowest BCUT2D eigenvalue weighted by Crippen LogP contribution is -2.45. The molecule has 10 heteroatoms. The van der Waals surface area contributed by atoms with E-state index in [4.69, 9.17) is 18.9 Å². The predicted octanol–water partition coefficient (Wildman–Crippen LogP) is 4.74. The van der Waals surface area contributed by atoms with Crippen molar-refractivity contribution in [1.82, 2.24) is 10.2 Å². The average molecular weight is 618 g/mol. The Morgan fingerprint density at radius 1 is 0.978 bits per heavy atom. The van der Waals surface area contributed by atoms with Gasteiger partial charge in [-0.1, -0.05) is 66.7 Å². The Bertz CT molecular complexity index is 1390. The number of carbonyl (C=O) groups is 2. The van der Waals surface area contributed by atoms with Crippen molar-refractivity contribution in [2.45, 2.75) is 62.9 Å². The highest BCUT2D eigenvalue weighted by atomic mass is 16.7. The van der Waals surface area contributed by atoms with Crippen LogP contribution in [0.1, 0.15) is 53.9 Å². The largest absolute Gasteiger partial charge is 0.467 e. The van der Waals surface area contributed by atoms with Gasteiger partial charge in [0.25, 0.3) is 0 Å². The summed E-state index contributed by atoms with van der Waals surface area (Å²) in [4.78, 5) is 27.9. The number of amides is 2. The number of esters is 1. The summed E-state index contributed by atoms with van der Waals surface area (Å²) in [5, 5.41) is 15.1. The molecule has 5 atom stereocenters. The molecule has 2 aliphatic heterocycles. The zero-order valence-corrected chi connectivity index (χ0v) is 25.9. The molecule has 2 aliphatic rings. The lowest BCUT2D eigenvalue weighted by atomic mass is 9.99. The third kappa shape index (κ3) is 8.90. The van der Waals surface area contributed by atoms with Crippen LogP contribution in [0.3, 0.4) is 0 Å². The number of urea groups is 1. The summed E-state index contributed by atoms with van der Waals surface area (Å²) in [5.41, 5.74) is 4.05. The standard InChI is InChI=1S/C35H43N3O7/c1-42-23-29-12-7-17-38(29)21-30-20-32(26-15-13-25(22-39)14-16-26)45-34(44-30)27-10-6-11-28(19-27)36-35(41)37-31(33(40)43-2)18-24-8-4-3-5-9-24/h3-6,8-11,13-16,19,29-32,34,39H,7,12,17-18,20-23H2,1-2H3,(H2,36,37,41)/t29-,30-,31-,32+,34+/m0/s1. The SMILES string of the molecule is COC[C@@H]1CCCN1C[C@@H]1C[C@H](c2ccc(CO)cc2)O[C@H](c2cccc(NC(=O)N[C@@H](Cc3ccccc3)C(=O)OC)c2)O1. The highest BCUT2D eigenvalue weighted by molar-refractivity contribution is 5.92. The molecule has 0 spiro atoms. The first kappa shape index (κ1) is 32.6. The van der Waals surface area contributed by atoms with E-state index in [2.05, 4.69) is 15.5 Å². The van der Waals surface area contributed by atoms with Gasteiger partial charge in [0.05, 0.1) is 32.5 Å². The summed E-state index contributed by atoms with van der Waals surface area (Å²) >= 11 is 0. The number of likely N-dealkylation sites (tertiary alicyclic amines) is 1. The van der Waals surface area contributed by atoms with Crippen LogP contribution in [0.4, 0.5) is 10.5 Å². The molecule has 240 valence electrons. The number of ether oxygens (including phenoxy) is 4. The Labute approximate surface area is 264 Å². The fourth-order valence-electron chi connectivity index (χ4n) is 6.08. The average Bonchev–Trinajstić information content (AvgIpc) is 3.50. The van der Waals surface area contributed by atoms with E-state index in [1.807, 2.05) is 72.8 Å². The lowest BCUT2D eigenvalue weighted by molar-refractivity contribution is -0.253. The number of anilines is 1. The number of hydrogen-bond donors (Lipinski definition) is 3. The summed E-state index contributed by atoms with van der Waals surface area (Å²) in [7, 11) is 3.04. The highest BCUT2D eigenvalue weighted by Crippen LogP contribution is 2.39. The van der Waals surface area contributed by atoms with Crippen molar-refractivity contribution in [3.05, 3.63) is 101 Å². The Hall–Kier alpha value is -3.80. The normalized spacial score (nSPS) is 22.5. The van der Waals surface area contributed by atoms with E-state index in [0.29, 0.717) is 31.2 Å². The molecule has 2 heterocycles. The van der Waals surface area contributed by atoms with Gasteiger partial charge in [0.15, 0.2) is 6.29 Å². The Balaban J connectivity index is 1.30. The van der Waals surface area contributed by atoms with Crippen LogP contribution >= 0.6 is 0 Å². The molecule has 3 aromatic carbocycles. The summed E-state index contributed by atoms with van der Waals surface area (Å²) in [6.45, 7) is 2.43. The molecule has 5 rings (SSSR count). The Kier molecular flexibility index (Phi) is 11.6. The molecular formula is C35H43N3O7. The molecule has 2 saturated heterocycles. The number of benzene rings is 3. The van der Waals surface area contributed by atoms with Gasteiger partial charge in [0, 0.05) is 43.8 Å². The number of carbonyl (C=O) groups excluding carboxylic acids is 2. The summed E-state index contributed by atoms with van der Waals surface area (Å²) < 4.78 is 23.5. The summed E-state index contributed by atoms with van der Waals surface area (Å²) in [5.74, 6) is -0.526. The number of aliphatic hydroxyl groups excluding tert-OH is 1. The monoisotopic (exact) mass is 617 g/mol. The van der Waals surface area contributed by atoms with Gasteiger partial charge in [-0.2, -0.15) is 0 Å². The number of nitrogens with one attached hydrogen (secondary N) is 2. The smallest absolute Gasteiger partial charge is 0.328 e. The second-order valence-electron chi connectivity index (χ2n) is 11.6. The van der Waals surface area contributed by atoms with Crippen molar-refractivity contribution in [3.8, 4) is 0 Å². The van der Waals surface area contributed by atoms with Crippen LogP contribution in [0, 0.1) is 0 Å². The van der Waals surface area contributed by atoms with Crippen LogP contribution in [-0.4, -0.2) is 74.1 Å². The second-order valence-corrected chi connectivity index (χ2v) is 11.6. The van der Waals surface area contributed by atoms with E-state index in [0.717, 1.165) is 48.2 Å². The van der Waals surface area contributed by atoms with Gasteiger partial charge in [-0.15, -0.1) is 0 Å². The number of nitrogens with zero attached hydrogens (tertiary/aromatic N) is 1. The van der Waals surface area contributed by atoms with Gasteiger partial charge < -0.3 is 34.7 Å². The molecule has 2 amide bonds. The summed E-state index contributed by atoms with van der Waals surface area (Å²) in [6.07, 6.45) is 2.23. The molecule has 3 N–H and O–H groups in total. The quantitative estimate of drug-likeness (QED) is 0.250. The van der Waals surface area contributed by atoms with Crippen LogP contribution in [0.15, 0.2) is 78.9 Å². The van der Waals surface area contributed by atoms with Crippen LogP contribution in [0.25, 0.3) is 0 Å². The zero-order chi connectivity index (χ0) is 31.6. The van der Waals surface area contributed by atoms with Gasteiger partial charge in [-0.3, -0.25) is 4.90 Å². The van der Waals surface area contributed by atoms with E-state index in [-0.39, 0.29) is 18.8 Å². The minimum atomic E-state index is -0.850. The van der Waals surface area contributed by atoms with E-state index < -0.39 is 24.3 Å². The van der Waals surface area contributed by atoms with Crippen LogP contribution in [0.5, 0.6) is 0 Å². The first-order valence-electron chi connectivity index (χ1n) is 15.5.